The number of carbonyl (C=O) groups is 1. The fourth-order valence-corrected chi connectivity index (χ4v) is 2.36. The van der Waals surface area contributed by atoms with Crippen LogP contribution in [-0.2, 0) is 13.1 Å². The number of carboxylic acids is 1. The molecule has 118 valence electrons. The number of rotatable bonds is 7. The molecule has 0 radical (unpaired) electrons. The Hall–Kier alpha value is -1.85. The normalized spacial score (nSPS) is 12.5. The molecule has 0 aliphatic rings. The maximum atomic E-state index is 10.9. The Kier molecular flexibility index (Phi) is 5.57. The highest BCUT2D eigenvalue weighted by atomic mass is 35.5. The topological polar surface area (TPSA) is 66.6 Å². The number of carboxylic acid groups (broad SMARTS) is 1. The van der Waals surface area contributed by atoms with Crippen molar-refractivity contribution < 1.29 is 14.3 Å². The molecular weight excluding hydrogens is 304 g/mol. The molecular formula is C16H19ClN2O3. The van der Waals surface area contributed by atoms with Gasteiger partial charge in [0.2, 0.25) is 5.89 Å². The zero-order chi connectivity index (χ0) is 16.1. The number of nitrogens with zero attached hydrogens (tertiary/aromatic N) is 2. The zero-order valence-electron chi connectivity index (χ0n) is 12.6. The molecule has 2 aromatic rings. The predicted octanol–water partition coefficient (Wildman–Crippen LogP) is 3.83. The average Bonchev–Trinajstić information content (AvgIpc) is 2.94. The van der Waals surface area contributed by atoms with Gasteiger partial charge in [-0.15, -0.1) is 0 Å². The van der Waals surface area contributed by atoms with Crippen LogP contribution in [0.15, 0.2) is 34.9 Å². The second-order valence-electron chi connectivity index (χ2n) is 5.22. The first-order chi connectivity index (χ1) is 10.5. The second-order valence-corrected chi connectivity index (χ2v) is 5.66. The molecule has 1 unspecified atom stereocenters. The molecule has 0 saturated carbocycles. The van der Waals surface area contributed by atoms with Gasteiger partial charge in [0.05, 0.1) is 6.54 Å². The molecule has 0 amide bonds. The summed E-state index contributed by atoms with van der Waals surface area (Å²) in [5, 5.41) is 9.60. The van der Waals surface area contributed by atoms with Crippen LogP contribution in [0, 0.1) is 0 Å². The van der Waals surface area contributed by atoms with Gasteiger partial charge in [0.15, 0.2) is 5.69 Å². The third-order valence-electron chi connectivity index (χ3n) is 3.60. The van der Waals surface area contributed by atoms with Crippen LogP contribution in [0.3, 0.4) is 0 Å². The lowest BCUT2D eigenvalue weighted by Gasteiger charge is -2.27. The van der Waals surface area contributed by atoms with E-state index < -0.39 is 5.97 Å². The highest BCUT2D eigenvalue weighted by molar-refractivity contribution is 6.30. The van der Waals surface area contributed by atoms with E-state index in [-0.39, 0.29) is 5.69 Å². The van der Waals surface area contributed by atoms with E-state index in [1.807, 2.05) is 24.3 Å². The molecule has 1 aromatic carbocycles. The van der Waals surface area contributed by atoms with E-state index in [1.54, 1.807) is 0 Å². The Balaban J connectivity index is 2.13. The van der Waals surface area contributed by atoms with Gasteiger partial charge in [-0.05, 0) is 31.0 Å². The predicted molar refractivity (Wildman–Crippen MR) is 83.9 cm³/mol. The molecule has 1 N–H and O–H groups in total. The minimum Gasteiger partial charge on any atom is -0.476 e. The molecule has 0 aliphatic carbocycles. The smallest absolute Gasteiger partial charge is 0.357 e. The summed E-state index contributed by atoms with van der Waals surface area (Å²) in [7, 11) is 0. The second kappa shape index (κ2) is 7.42. The van der Waals surface area contributed by atoms with E-state index in [0.29, 0.717) is 30.0 Å². The van der Waals surface area contributed by atoms with E-state index in [4.69, 9.17) is 21.1 Å². The van der Waals surface area contributed by atoms with Crippen molar-refractivity contribution in [3.05, 3.63) is 52.7 Å². The summed E-state index contributed by atoms with van der Waals surface area (Å²) < 4.78 is 5.25. The van der Waals surface area contributed by atoms with Gasteiger partial charge < -0.3 is 9.52 Å². The lowest BCUT2D eigenvalue weighted by molar-refractivity contribution is 0.0690. The summed E-state index contributed by atoms with van der Waals surface area (Å²) in [6, 6.07) is 8.00. The molecule has 6 heteroatoms. The SMILES string of the molecule is CCC(C)N(Cc1cccc(Cl)c1)Cc1nc(C(=O)O)co1. The highest BCUT2D eigenvalue weighted by Crippen LogP contribution is 2.17. The molecule has 0 saturated heterocycles. The van der Waals surface area contributed by atoms with E-state index in [2.05, 4.69) is 23.7 Å². The van der Waals surface area contributed by atoms with Crippen LogP contribution >= 0.6 is 11.6 Å². The third-order valence-corrected chi connectivity index (χ3v) is 3.83. The number of aromatic nitrogens is 1. The Morgan fingerprint density at radius 3 is 2.82 bits per heavy atom. The fraction of sp³-hybridized carbons (Fsp3) is 0.375. The Bertz CT molecular complexity index is 642. The quantitative estimate of drug-likeness (QED) is 0.839. The van der Waals surface area contributed by atoms with Gasteiger partial charge in [-0.2, -0.15) is 0 Å². The van der Waals surface area contributed by atoms with Gasteiger partial charge in [-0.25, -0.2) is 9.78 Å². The lowest BCUT2D eigenvalue weighted by Crippen LogP contribution is -2.31. The number of oxazole rings is 1. The van der Waals surface area contributed by atoms with Crippen molar-refractivity contribution in [1.82, 2.24) is 9.88 Å². The number of hydrogen-bond acceptors (Lipinski definition) is 4. The Morgan fingerprint density at radius 2 is 2.23 bits per heavy atom. The number of hydrogen-bond donors (Lipinski definition) is 1. The van der Waals surface area contributed by atoms with Crippen molar-refractivity contribution in [3.8, 4) is 0 Å². The lowest BCUT2D eigenvalue weighted by atomic mass is 10.1. The van der Waals surface area contributed by atoms with E-state index >= 15 is 0 Å². The minimum absolute atomic E-state index is 0.0677. The molecule has 1 heterocycles. The fourth-order valence-electron chi connectivity index (χ4n) is 2.15. The first-order valence-electron chi connectivity index (χ1n) is 7.15. The van der Waals surface area contributed by atoms with Crippen LogP contribution < -0.4 is 0 Å². The molecule has 0 fully saturated rings. The molecule has 0 aliphatic heterocycles. The standard InChI is InChI=1S/C16H19ClN2O3/c1-3-11(2)19(8-12-5-4-6-13(17)7-12)9-15-18-14(10-22-15)16(20)21/h4-7,10-11H,3,8-9H2,1-2H3,(H,20,21). The van der Waals surface area contributed by atoms with Crippen LogP contribution in [-0.4, -0.2) is 27.0 Å². The van der Waals surface area contributed by atoms with Crippen LogP contribution in [0.4, 0.5) is 0 Å². The largest absolute Gasteiger partial charge is 0.476 e. The van der Waals surface area contributed by atoms with Crippen molar-refractivity contribution >= 4 is 17.6 Å². The van der Waals surface area contributed by atoms with Gasteiger partial charge in [0.25, 0.3) is 0 Å². The monoisotopic (exact) mass is 322 g/mol. The van der Waals surface area contributed by atoms with Gasteiger partial charge in [0.1, 0.15) is 6.26 Å². The molecule has 5 nitrogen and oxygen atoms in total. The van der Waals surface area contributed by atoms with Crippen molar-refractivity contribution in [2.24, 2.45) is 0 Å². The molecule has 1 atom stereocenters. The van der Waals surface area contributed by atoms with E-state index in [1.165, 1.54) is 6.26 Å². The van der Waals surface area contributed by atoms with Gasteiger partial charge >= 0.3 is 5.97 Å². The molecule has 1 aromatic heterocycles. The third kappa shape index (κ3) is 4.32. The van der Waals surface area contributed by atoms with Crippen molar-refractivity contribution in [1.29, 1.82) is 0 Å². The first kappa shape index (κ1) is 16.5. The summed E-state index contributed by atoms with van der Waals surface area (Å²) in [5.41, 5.74) is 1.03. The van der Waals surface area contributed by atoms with Crippen LogP contribution in [0.25, 0.3) is 0 Å². The minimum atomic E-state index is -1.08. The maximum Gasteiger partial charge on any atom is 0.357 e. The average molecular weight is 323 g/mol. The zero-order valence-corrected chi connectivity index (χ0v) is 13.4. The van der Waals surface area contributed by atoms with E-state index in [0.717, 1.165) is 12.0 Å². The van der Waals surface area contributed by atoms with Gasteiger partial charge in [-0.1, -0.05) is 30.7 Å². The first-order valence-corrected chi connectivity index (χ1v) is 7.53. The number of halogens is 1. The Morgan fingerprint density at radius 1 is 1.45 bits per heavy atom. The van der Waals surface area contributed by atoms with Crippen LogP contribution in [0.5, 0.6) is 0 Å². The van der Waals surface area contributed by atoms with Crippen molar-refractivity contribution in [2.75, 3.05) is 0 Å². The molecule has 0 bridgehead atoms. The van der Waals surface area contributed by atoms with Gasteiger partial charge in [0, 0.05) is 17.6 Å². The van der Waals surface area contributed by atoms with Gasteiger partial charge in [-0.3, -0.25) is 4.90 Å². The highest BCUT2D eigenvalue weighted by Gasteiger charge is 2.18. The molecule has 22 heavy (non-hydrogen) atoms. The van der Waals surface area contributed by atoms with Crippen LogP contribution in [0.2, 0.25) is 5.02 Å². The van der Waals surface area contributed by atoms with Crippen molar-refractivity contribution in [3.63, 3.8) is 0 Å². The molecule has 2 rings (SSSR count). The van der Waals surface area contributed by atoms with Crippen molar-refractivity contribution in [2.45, 2.75) is 39.4 Å². The summed E-state index contributed by atoms with van der Waals surface area (Å²) in [5.74, 6) is -0.681. The summed E-state index contributed by atoms with van der Waals surface area (Å²) >= 11 is 6.03. The molecule has 0 spiro atoms. The maximum absolute atomic E-state index is 10.9. The summed E-state index contributed by atoms with van der Waals surface area (Å²) in [6.07, 6.45) is 2.14. The number of benzene rings is 1. The number of aromatic carboxylic acids is 1. The van der Waals surface area contributed by atoms with Crippen LogP contribution in [0.1, 0.15) is 42.2 Å². The van der Waals surface area contributed by atoms with E-state index in [9.17, 15) is 4.79 Å². The summed E-state index contributed by atoms with van der Waals surface area (Å²) in [6.45, 7) is 5.37. The Labute approximate surface area is 134 Å². The summed E-state index contributed by atoms with van der Waals surface area (Å²) in [4.78, 5) is 17.0.